The highest BCUT2D eigenvalue weighted by Gasteiger charge is 2.48. The fourth-order valence-corrected chi connectivity index (χ4v) is 5.65. The van der Waals surface area contributed by atoms with Crippen molar-refractivity contribution >= 4 is 18.0 Å². The Kier molecular flexibility index (Phi) is 5.80. The Morgan fingerprint density at radius 2 is 1.71 bits per heavy atom. The third kappa shape index (κ3) is 4.04. The maximum atomic E-state index is 13.0. The van der Waals surface area contributed by atoms with E-state index >= 15 is 0 Å². The molecule has 2 aromatic rings. The molecule has 34 heavy (non-hydrogen) atoms. The van der Waals surface area contributed by atoms with Crippen molar-refractivity contribution in [2.24, 2.45) is 17.3 Å². The summed E-state index contributed by atoms with van der Waals surface area (Å²) in [5, 5.41) is 14.9. The third-order valence-corrected chi connectivity index (χ3v) is 7.88. The number of benzene rings is 2. The first-order chi connectivity index (χ1) is 16.4. The molecule has 178 valence electrons. The maximum absolute atomic E-state index is 13.0. The van der Waals surface area contributed by atoms with Gasteiger partial charge in [0.2, 0.25) is 5.91 Å². The lowest BCUT2D eigenvalue weighted by atomic mass is 9.83. The number of rotatable bonds is 7. The molecule has 4 unspecified atom stereocenters. The van der Waals surface area contributed by atoms with Gasteiger partial charge >= 0.3 is 12.1 Å². The van der Waals surface area contributed by atoms with Crippen LogP contribution in [0.1, 0.15) is 49.7 Å². The van der Waals surface area contributed by atoms with Gasteiger partial charge in [-0.05, 0) is 54.4 Å². The molecule has 2 saturated carbocycles. The second-order valence-corrected chi connectivity index (χ2v) is 9.98. The van der Waals surface area contributed by atoms with Gasteiger partial charge in [-0.1, -0.05) is 55.0 Å². The lowest BCUT2D eigenvalue weighted by molar-refractivity contribution is -0.139. The number of carbonyl (C=O) groups is 3. The van der Waals surface area contributed by atoms with Gasteiger partial charge in [0.25, 0.3) is 0 Å². The van der Waals surface area contributed by atoms with Crippen LogP contribution >= 0.6 is 0 Å². The number of fused-ring (bicyclic) bond motifs is 3. The van der Waals surface area contributed by atoms with Gasteiger partial charge in [-0.3, -0.25) is 9.59 Å². The lowest BCUT2D eigenvalue weighted by Gasteiger charge is -2.30. The summed E-state index contributed by atoms with van der Waals surface area (Å²) in [6.45, 7) is 2.46. The van der Waals surface area contributed by atoms with E-state index in [1.165, 1.54) is 11.1 Å². The number of aliphatic carboxylic acids is 1. The minimum absolute atomic E-state index is 0.00000520. The van der Waals surface area contributed by atoms with Crippen molar-refractivity contribution < 1.29 is 24.2 Å². The molecule has 5 rings (SSSR count). The Bertz CT molecular complexity index is 1090. The summed E-state index contributed by atoms with van der Waals surface area (Å²) >= 11 is 0. The van der Waals surface area contributed by atoms with E-state index in [4.69, 9.17) is 9.84 Å². The quantitative estimate of drug-likeness (QED) is 0.579. The second kappa shape index (κ2) is 8.78. The molecule has 0 radical (unpaired) electrons. The molecule has 2 fully saturated rings. The largest absolute Gasteiger partial charge is 0.481 e. The molecule has 7 nitrogen and oxygen atoms in total. The number of alkyl carbamates (subject to hydrolysis) is 1. The zero-order valence-electron chi connectivity index (χ0n) is 19.3. The second-order valence-electron chi connectivity index (χ2n) is 9.98. The maximum Gasteiger partial charge on any atom is 0.407 e. The van der Waals surface area contributed by atoms with Crippen LogP contribution in [0.5, 0.6) is 0 Å². The van der Waals surface area contributed by atoms with Crippen LogP contribution in [0.3, 0.4) is 0 Å². The molecule has 2 aromatic carbocycles. The zero-order valence-corrected chi connectivity index (χ0v) is 19.3. The first-order valence-electron chi connectivity index (χ1n) is 12.0. The van der Waals surface area contributed by atoms with Gasteiger partial charge in [0, 0.05) is 18.5 Å². The van der Waals surface area contributed by atoms with Crippen LogP contribution in [-0.4, -0.2) is 42.3 Å². The summed E-state index contributed by atoms with van der Waals surface area (Å²) in [5.74, 6) is -1.31. The van der Waals surface area contributed by atoms with Crippen LogP contribution in [0.2, 0.25) is 0 Å². The predicted octanol–water partition coefficient (Wildman–Crippen LogP) is 3.92. The van der Waals surface area contributed by atoms with Gasteiger partial charge < -0.3 is 20.5 Å². The van der Waals surface area contributed by atoms with Crippen LogP contribution in [0, 0.1) is 17.3 Å². The molecule has 0 heterocycles. The highest BCUT2D eigenvalue weighted by atomic mass is 16.5. The van der Waals surface area contributed by atoms with Crippen molar-refractivity contribution in [3.63, 3.8) is 0 Å². The van der Waals surface area contributed by atoms with Crippen LogP contribution in [0.25, 0.3) is 11.1 Å². The van der Waals surface area contributed by atoms with E-state index in [1.807, 2.05) is 31.2 Å². The first kappa shape index (κ1) is 22.4. The highest BCUT2D eigenvalue weighted by Crippen LogP contribution is 2.45. The summed E-state index contributed by atoms with van der Waals surface area (Å²) in [5.41, 5.74) is 3.92. The van der Waals surface area contributed by atoms with Crippen molar-refractivity contribution in [2.75, 3.05) is 13.2 Å². The molecule has 3 aliphatic carbocycles. The van der Waals surface area contributed by atoms with Crippen molar-refractivity contribution in [3.8, 4) is 11.1 Å². The number of hydrogen-bond acceptors (Lipinski definition) is 4. The average Bonchev–Trinajstić information content (AvgIpc) is 3.44. The molecule has 3 aliphatic rings. The standard InChI is InChI=1S/C27H30N2O5/c1-27(25(32)28-14-16-13-21(16)24(30)31)12-6-11-23(27)29-26(33)34-15-22-19-9-4-2-7-17(19)18-8-3-5-10-20(18)22/h2-5,7-10,16,21-23H,6,11-15H2,1H3,(H,28,32)(H,29,33)(H,30,31). The number of amides is 2. The fourth-order valence-electron chi connectivity index (χ4n) is 5.65. The molecule has 7 heteroatoms. The zero-order chi connectivity index (χ0) is 23.9. The highest BCUT2D eigenvalue weighted by molar-refractivity contribution is 5.84. The van der Waals surface area contributed by atoms with Crippen LogP contribution in [0.4, 0.5) is 4.79 Å². The normalized spacial score (nSPS) is 26.9. The topological polar surface area (TPSA) is 105 Å². The van der Waals surface area contributed by atoms with Crippen molar-refractivity contribution in [3.05, 3.63) is 59.7 Å². The minimum atomic E-state index is -0.805. The number of ether oxygens (including phenoxy) is 1. The summed E-state index contributed by atoms with van der Waals surface area (Å²) < 4.78 is 5.68. The van der Waals surface area contributed by atoms with E-state index in [9.17, 15) is 14.4 Å². The van der Waals surface area contributed by atoms with Crippen molar-refractivity contribution in [2.45, 2.75) is 44.6 Å². The summed E-state index contributed by atoms with van der Waals surface area (Å²) in [6.07, 6.45) is 2.30. The number of carbonyl (C=O) groups excluding carboxylic acids is 2. The van der Waals surface area contributed by atoms with E-state index in [2.05, 4.69) is 34.9 Å². The van der Waals surface area contributed by atoms with E-state index in [1.54, 1.807) is 0 Å². The van der Waals surface area contributed by atoms with E-state index < -0.39 is 17.5 Å². The fraction of sp³-hybridized carbons (Fsp3) is 0.444. The van der Waals surface area contributed by atoms with Crippen molar-refractivity contribution in [1.29, 1.82) is 0 Å². The Morgan fingerprint density at radius 3 is 2.32 bits per heavy atom. The third-order valence-electron chi connectivity index (χ3n) is 7.88. The molecule has 0 spiro atoms. The molecule has 3 N–H and O–H groups in total. The molecular weight excluding hydrogens is 432 g/mol. The smallest absolute Gasteiger partial charge is 0.407 e. The average molecular weight is 463 g/mol. The predicted molar refractivity (Wildman–Crippen MR) is 126 cm³/mol. The van der Waals surface area contributed by atoms with Gasteiger partial charge in [-0.25, -0.2) is 4.79 Å². The monoisotopic (exact) mass is 462 g/mol. The van der Waals surface area contributed by atoms with Crippen LogP contribution in [-0.2, 0) is 14.3 Å². The van der Waals surface area contributed by atoms with Crippen LogP contribution < -0.4 is 10.6 Å². The van der Waals surface area contributed by atoms with E-state index in [0.717, 1.165) is 17.5 Å². The molecule has 0 saturated heterocycles. The molecule has 0 aromatic heterocycles. The van der Waals surface area contributed by atoms with Gasteiger partial charge in [0.1, 0.15) is 6.61 Å². The molecule has 4 atom stereocenters. The van der Waals surface area contributed by atoms with Gasteiger partial charge in [0.15, 0.2) is 0 Å². The summed E-state index contributed by atoms with van der Waals surface area (Å²) in [4.78, 5) is 36.7. The number of carboxylic acid groups (broad SMARTS) is 1. The molecular formula is C27H30N2O5. The van der Waals surface area contributed by atoms with Crippen LogP contribution in [0.15, 0.2) is 48.5 Å². The van der Waals surface area contributed by atoms with Gasteiger partial charge in [-0.2, -0.15) is 0 Å². The van der Waals surface area contributed by atoms with E-state index in [0.29, 0.717) is 25.8 Å². The Hall–Kier alpha value is -3.35. The number of hydrogen-bond donors (Lipinski definition) is 3. The van der Waals surface area contributed by atoms with Gasteiger partial charge in [0.05, 0.1) is 11.3 Å². The SMILES string of the molecule is CC1(C(=O)NCC2CC2C(=O)O)CCCC1NC(=O)OCC1c2ccccc2-c2ccccc21. The number of nitrogens with one attached hydrogen (secondary N) is 2. The van der Waals surface area contributed by atoms with Crippen molar-refractivity contribution in [1.82, 2.24) is 10.6 Å². The number of carboxylic acids is 1. The van der Waals surface area contributed by atoms with Gasteiger partial charge in [-0.15, -0.1) is 0 Å². The Labute approximate surface area is 198 Å². The minimum Gasteiger partial charge on any atom is -0.481 e. The van der Waals surface area contributed by atoms with E-state index in [-0.39, 0.29) is 36.3 Å². The molecule has 2 amide bonds. The summed E-state index contributed by atoms with van der Waals surface area (Å²) in [7, 11) is 0. The lowest BCUT2D eigenvalue weighted by Crippen LogP contribution is -2.51. The summed E-state index contributed by atoms with van der Waals surface area (Å²) in [6, 6.07) is 16.1. The Balaban J connectivity index is 1.18. The first-order valence-corrected chi connectivity index (χ1v) is 12.0. The molecule has 0 aliphatic heterocycles. The Morgan fingerprint density at radius 1 is 1.06 bits per heavy atom. The molecule has 0 bridgehead atoms.